The molecule has 2 aliphatic heterocycles. The van der Waals surface area contributed by atoms with Gasteiger partial charge in [-0.3, -0.25) is 14.5 Å². The van der Waals surface area contributed by atoms with E-state index in [-0.39, 0.29) is 41.3 Å². The topological polar surface area (TPSA) is 179 Å². The van der Waals surface area contributed by atoms with E-state index in [4.69, 9.17) is 27.4 Å². The minimum atomic E-state index is -1.24. The molecular weight excluding hydrogens is 568 g/mol. The maximum atomic E-state index is 13.1. The number of nitrogens with two attached hydrogens (primary N) is 1. The van der Waals surface area contributed by atoms with Crippen molar-refractivity contribution in [2.45, 2.75) is 18.0 Å². The summed E-state index contributed by atoms with van der Waals surface area (Å²) in [6.07, 6.45) is 5.22. The lowest BCUT2D eigenvalue weighted by Gasteiger charge is -2.49. The van der Waals surface area contributed by atoms with Gasteiger partial charge in [0.05, 0.1) is 11.4 Å². The van der Waals surface area contributed by atoms with Gasteiger partial charge in [-0.15, -0.1) is 34.7 Å². The van der Waals surface area contributed by atoms with Gasteiger partial charge in [-0.05, 0) is 6.07 Å². The number of β-lactam (4-membered cyclic amide) rings is 1. The molecular formula is C23H20ClN8O5S2+. The molecule has 39 heavy (non-hydrogen) atoms. The highest BCUT2D eigenvalue weighted by Gasteiger charge is 2.54. The van der Waals surface area contributed by atoms with E-state index in [1.54, 1.807) is 35.1 Å². The lowest BCUT2D eigenvalue weighted by atomic mass is 10.0. The molecule has 0 aliphatic carbocycles. The second kappa shape index (κ2) is 10.9. The normalized spacial score (nSPS) is 18.9. The SMILES string of the molecule is N#Cc1ccc2n(cc[n+]2CC2=C(C(=O)O)N3C(=O)[C@@H](NC(=O)/C(=N\OCCCl)c4csc(N)n4)[C@H]3SC2)c1. The number of imidazole rings is 1. The van der Waals surface area contributed by atoms with Gasteiger partial charge in [0, 0.05) is 22.8 Å². The predicted molar refractivity (Wildman–Crippen MR) is 142 cm³/mol. The zero-order valence-corrected chi connectivity index (χ0v) is 22.4. The standard InChI is InChI=1S/C23H19ClN8O5S2/c24-3-6-37-29-16(14-11-39-23(26)27-14)19(33)28-17-20(34)32-18(22(35)36)13(10-38-21(17)32)9-31-5-4-30-8-12(7-25)1-2-15(30)31/h1-2,4-5,8,11,17,21H,3,6,9-10H2,(H3-,26,27,28,33,35,36)/p+1/b29-16-/t17-,21-/m1/s1. The number of carbonyl (C=O) groups excluding carboxylic acids is 2. The lowest BCUT2D eigenvalue weighted by Crippen LogP contribution is -2.71. The highest BCUT2D eigenvalue weighted by molar-refractivity contribution is 8.00. The van der Waals surface area contributed by atoms with Crippen molar-refractivity contribution in [2.75, 3.05) is 24.0 Å². The fourth-order valence-corrected chi connectivity index (χ4v) is 6.22. The number of alkyl halides is 1. The molecule has 0 radical (unpaired) electrons. The summed E-state index contributed by atoms with van der Waals surface area (Å²) in [6, 6.07) is 4.55. The van der Waals surface area contributed by atoms with Crippen molar-refractivity contribution in [2.24, 2.45) is 5.16 Å². The number of nitrogens with one attached hydrogen (secondary N) is 1. The molecule has 0 saturated carbocycles. The molecule has 0 bridgehead atoms. The molecule has 0 aromatic carbocycles. The number of nitrogens with zero attached hydrogens (tertiary/aromatic N) is 6. The summed E-state index contributed by atoms with van der Waals surface area (Å²) >= 11 is 8.07. The number of oxime groups is 1. The van der Waals surface area contributed by atoms with Crippen LogP contribution in [0.5, 0.6) is 0 Å². The zero-order chi connectivity index (χ0) is 27.7. The van der Waals surface area contributed by atoms with Gasteiger partial charge in [0.15, 0.2) is 10.8 Å². The molecule has 2 aliphatic rings. The van der Waals surface area contributed by atoms with Crippen LogP contribution in [0.3, 0.4) is 0 Å². The number of carbonyl (C=O) groups is 3. The van der Waals surface area contributed by atoms with Crippen molar-refractivity contribution in [3.8, 4) is 6.07 Å². The Morgan fingerprint density at radius 2 is 2.26 bits per heavy atom. The second-order valence-electron chi connectivity index (χ2n) is 8.37. The molecule has 4 N–H and O–H groups in total. The third-order valence-electron chi connectivity index (χ3n) is 5.99. The second-order valence-corrected chi connectivity index (χ2v) is 10.7. The van der Waals surface area contributed by atoms with Crippen molar-refractivity contribution < 1.29 is 28.9 Å². The van der Waals surface area contributed by atoms with Gasteiger partial charge in [0.25, 0.3) is 17.5 Å². The Morgan fingerprint density at radius 1 is 1.44 bits per heavy atom. The van der Waals surface area contributed by atoms with Crippen LogP contribution in [0, 0.1) is 11.3 Å². The first-order valence-corrected chi connectivity index (χ1v) is 13.9. The lowest BCUT2D eigenvalue weighted by molar-refractivity contribution is -0.662. The Hall–Kier alpha value is -4.13. The summed E-state index contributed by atoms with van der Waals surface area (Å²) in [5.74, 6) is -2.03. The van der Waals surface area contributed by atoms with Crippen molar-refractivity contribution >= 4 is 69.0 Å². The van der Waals surface area contributed by atoms with Crippen LogP contribution in [-0.4, -0.2) is 72.5 Å². The van der Waals surface area contributed by atoms with Crippen molar-refractivity contribution in [1.82, 2.24) is 19.6 Å². The Bertz CT molecular complexity index is 1590. The van der Waals surface area contributed by atoms with Crippen LogP contribution in [0.2, 0.25) is 0 Å². The molecule has 0 unspecified atom stereocenters. The average Bonchev–Trinajstić information content (AvgIpc) is 3.54. The molecule has 16 heteroatoms. The summed E-state index contributed by atoms with van der Waals surface area (Å²) in [6.45, 7) is 0.279. The highest BCUT2D eigenvalue weighted by atomic mass is 35.5. The van der Waals surface area contributed by atoms with Crippen LogP contribution < -0.4 is 15.6 Å². The molecule has 200 valence electrons. The molecule has 1 fully saturated rings. The Balaban J connectivity index is 1.36. The number of anilines is 1. The smallest absolute Gasteiger partial charge is 0.352 e. The van der Waals surface area contributed by atoms with Gasteiger partial charge in [-0.2, -0.15) is 5.26 Å². The fourth-order valence-electron chi connectivity index (χ4n) is 4.27. The van der Waals surface area contributed by atoms with E-state index >= 15 is 0 Å². The fraction of sp³-hybridized carbons (Fsp3) is 0.261. The van der Waals surface area contributed by atoms with Crippen LogP contribution in [0.1, 0.15) is 11.3 Å². The van der Waals surface area contributed by atoms with Gasteiger partial charge < -0.3 is 21.0 Å². The molecule has 5 rings (SSSR count). The number of carboxylic acids is 1. The van der Waals surface area contributed by atoms with Crippen molar-refractivity contribution in [3.05, 3.63) is 58.6 Å². The van der Waals surface area contributed by atoms with Gasteiger partial charge >= 0.3 is 5.97 Å². The number of thioether (sulfide) groups is 1. The van der Waals surface area contributed by atoms with Crippen LogP contribution in [0.4, 0.5) is 5.13 Å². The number of halogens is 1. The van der Waals surface area contributed by atoms with E-state index in [1.165, 1.54) is 22.0 Å². The quantitative estimate of drug-likeness (QED) is 0.0804. The Labute approximate surface area is 234 Å². The summed E-state index contributed by atoms with van der Waals surface area (Å²) in [4.78, 5) is 48.8. The van der Waals surface area contributed by atoms with Crippen LogP contribution in [0.25, 0.3) is 5.65 Å². The molecule has 2 amide bonds. The van der Waals surface area contributed by atoms with E-state index in [0.717, 1.165) is 17.0 Å². The number of fused-ring (bicyclic) bond motifs is 2. The molecule has 5 heterocycles. The number of aromatic nitrogens is 3. The summed E-state index contributed by atoms with van der Waals surface area (Å²) in [7, 11) is 0. The number of hydrogen-bond acceptors (Lipinski definition) is 10. The molecule has 13 nitrogen and oxygen atoms in total. The largest absolute Gasteiger partial charge is 0.477 e. The maximum Gasteiger partial charge on any atom is 0.352 e. The average molecular weight is 588 g/mol. The molecule has 2 atom stereocenters. The molecule has 3 aromatic heterocycles. The number of nitrogen functional groups attached to an aromatic ring is 1. The van der Waals surface area contributed by atoms with Crippen molar-refractivity contribution in [3.63, 3.8) is 0 Å². The zero-order valence-electron chi connectivity index (χ0n) is 20.0. The van der Waals surface area contributed by atoms with Crippen LogP contribution in [0.15, 0.2) is 52.5 Å². The first-order chi connectivity index (χ1) is 18.8. The first-order valence-electron chi connectivity index (χ1n) is 11.4. The number of amides is 2. The third-order valence-corrected chi connectivity index (χ3v) is 8.15. The maximum absolute atomic E-state index is 13.1. The summed E-state index contributed by atoms with van der Waals surface area (Å²) in [5.41, 5.74) is 7.36. The third kappa shape index (κ3) is 5.01. The number of thiazole rings is 1. The van der Waals surface area contributed by atoms with E-state index < -0.39 is 29.2 Å². The minimum Gasteiger partial charge on any atom is -0.477 e. The van der Waals surface area contributed by atoms with E-state index in [0.29, 0.717) is 16.9 Å². The molecule has 1 saturated heterocycles. The predicted octanol–water partition coefficient (Wildman–Crippen LogP) is 0.535. The van der Waals surface area contributed by atoms with Gasteiger partial charge in [-0.1, -0.05) is 5.16 Å². The van der Waals surface area contributed by atoms with Crippen LogP contribution in [-0.2, 0) is 25.8 Å². The van der Waals surface area contributed by atoms with Crippen molar-refractivity contribution in [1.29, 1.82) is 5.26 Å². The Kier molecular flexibility index (Phi) is 7.42. The number of nitriles is 1. The van der Waals surface area contributed by atoms with E-state index in [2.05, 4.69) is 21.5 Å². The van der Waals surface area contributed by atoms with Crippen LogP contribution >= 0.6 is 34.7 Å². The minimum absolute atomic E-state index is 0.0524. The molecule has 3 aromatic rings. The van der Waals surface area contributed by atoms with Gasteiger partial charge in [-0.25, -0.2) is 18.7 Å². The highest BCUT2D eigenvalue weighted by Crippen LogP contribution is 2.40. The number of aliphatic carboxylic acids is 1. The number of rotatable bonds is 9. The van der Waals surface area contributed by atoms with E-state index in [9.17, 15) is 19.5 Å². The van der Waals surface area contributed by atoms with Gasteiger partial charge in [0.1, 0.15) is 60.6 Å². The summed E-state index contributed by atoms with van der Waals surface area (Å²) < 4.78 is 3.61. The monoisotopic (exact) mass is 587 g/mol. The number of carboxylic acid groups (broad SMARTS) is 1. The van der Waals surface area contributed by atoms with Gasteiger partial charge in [0.2, 0.25) is 0 Å². The van der Waals surface area contributed by atoms with E-state index in [1.807, 2.05) is 4.57 Å². The number of hydrogen-bond donors (Lipinski definition) is 3. The number of pyridine rings is 1. The first kappa shape index (κ1) is 26.5. The molecule has 0 spiro atoms. The Morgan fingerprint density at radius 3 is 2.95 bits per heavy atom. The summed E-state index contributed by atoms with van der Waals surface area (Å²) in [5, 5.41) is 26.7.